The molecular weight excluding hydrogens is 380 g/mol. The number of sulfonamides is 1. The lowest BCUT2D eigenvalue weighted by atomic mass is 9.86. The number of fused-ring (bicyclic) bond motifs is 3. The summed E-state index contributed by atoms with van der Waals surface area (Å²) in [7, 11) is -3.91. The van der Waals surface area contributed by atoms with E-state index in [-0.39, 0.29) is 10.6 Å². The van der Waals surface area contributed by atoms with Crippen LogP contribution in [0.2, 0.25) is 0 Å². The van der Waals surface area contributed by atoms with E-state index in [0.29, 0.717) is 28.1 Å². The second-order valence-electron chi connectivity index (χ2n) is 7.05. The highest BCUT2D eigenvalue weighted by molar-refractivity contribution is 7.89. The number of H-pyrrole nitrogens is 1. The number of rotatable bonds is 3. The molecule has 28 heavy (non-hydrogen) atoms. The third-order valence-corrected chi connectivity index (χ3v) is 5.63. The van der Waals surface area contributed by atoms with E-state index in [1.807, 2.05) is 13.8 Å². The summed E-state index contributed by atoms with van der Waals surface area (Å²) >= 11 is 0. The first-order chi connectivity index (χ1) is 13.1. The smallest absolute Gasteiger partial charge is 0.265 e. The monoisotopic (exact) mass is 398 g/mol. The van der Waals surface area contributed by atoms with Gasteiger partial charge in [-0.15, -0.1) is 0 Å². The molecule has 3 aromatic rings. The molecule has 4 rings (SSSR count). The molecule has 0 fully saturated rings. The van der Waals surface area contributed by atoms with E-state index in [1.165, 1.54) is 12.1 Å². The van der Waals surface area contributed by atoms with E-state index in [1.54, 1.807) is 30.6 Å². The fourth-order valence-corrected chi connectivity index (χ4v) is 4.16. The second-order valence-corrected chi connectivity index (χ2v) is 8.61. The van der Waals surface area contributed by atoms with Gasteiger partial charge in [0.2, 0.25) is 10.0 Å². The Hall–Kier alpha value is -3.17. The van der Waals surface area contributed by atoms with Gasteiger partial charge in [0.15, 0.2) is 0 Å². The van der Waals surface area contributed by atoms with Gasteiger partial charge in [-0.1, -0.05) is 12.1 Å². The molecule has 9 heteroatoms. The molecule has 2 aromatic heterocycles. The van der Waals surface area contributed by atoms with Crippen LogP contribution in [0.15, 0.2) is 47.6 Å². The van der Waals surface area contributed by atoms with E-state index >= 15 is 0 Å². The van der Waals surface area contributed by atoms with Crippen molar-refractivity contribution in [2.45, 2.75) is 24.3 Å². The number of nitrogens with zero attached hydrogens (tertiary/aromatic N) is 1. The standard InChI is InChI=1S/C19H18N4O4S/c1-19(2)15-14(10-4-3-5-11(8-10)28(21,25)26)17(18(20)24)23-16(15)12-6-7-22-9-13(12)27-19/h3-9,23H,1-2H3,(H2,20,24)(H2,21,25,26). The zero-order valence-electron chi connectivity index (χ0n) is 15.2. The molecule has 1 aliphatic heterocycles. The van der Waals surface area contributed by atoms with E-state index in [9.17, 15) is 13.2 Å². The van der Waals surface area contributed by atoms with E-state index in [2.05, 4.69) is 9.97 Å². The molecule has 1 amide bonds. The summed E-state index contributed by atoms with van der Waals surface area (Å²) in [6.07, 6.45) is 3.22. The van der Waals surface area contributed by atoms with Gasteiger partial charge in [-0.2, -0.15) is 0 Å². The number of ether oxygens (including phenoxy) is 1. The van der Waals surface area contributed by atoms with Gasteiger partial charge >= 0.3 is 0 Å². The second kappa shape index (κ2) is 5.91. The van der Waals surface area contributed by atoms with Crippen LogP contribution in [-0.4, -0.2) is 24.3 Å². The van der Waals surface area contributed by atoms with E-state index in [0.717, 1.165) is 5.56 Å². The molecule has 0 bridgehead atoms. The van der Waals surface area contributed by atoms with Crippen LogP contribution in [-0.2, 0) is 15.6 Å². The third kappa shape index (κ3) is 2.76. The number of nitrogens with one attached hydrogen (secondary N) is 1. The lowest BCUT2D eigenvalue weighted by Gasteiger charge is -2.33. The van der Waals surface area contributed by atoms with Crippen LogP contribution in [0.1, 0.15) is 29.9 Å². The first-order valence-corrected chi connectivity index (χ1v) is 9.97. The zero-order chi connectivity index (χ0) is 20.3. The maximum absolute atomic E-state index is 12.2. The van der Waals surface area contributed by atoms with Crippen molar-refractivity contribution < 1.29 is 17.9 Å². The molecule has 1 aromatic carbocycles. The van der Waals surface area contributed by atoms with E-state index < -0.39 is 21.5 Å². The number of primary sulfonamides is 1. The van der Waals surface area contributed by atoms with Crippen molar-refractivity contribution in [1.82, 2.24) is 9.97 Å². The highest BCUT2D eigenvalue weighted by Gasteiger charge is 2.39. The number of hydrogen-bond acceptors (Lipinski definition) is 5. The zero-order valence-corrected chi connectivity index (χ0v) is 16.0. The summed E-state index contributed by atoms with van der Waals surface area (Å²) in [6.45, 7) is 3.71. The summed E-state index contributed by atoms with van der Waals surface area (Å²) in [5.74, 6) is -0.0982. The molecule has 0 saturated heterocycles. The summed E-state index contributed by atoms with van der Waals surface area (Å²) in [4.78, 5) is 19.3. The summed E-state index contributed by atoms with van der Waals surface area (Å²) in [5.41, 5.74) is 8.06. The molecule has 0 unspecified atom stereocenters. The topological polar surface area (TPSA) is 141 Å². The Morgan fingerprint density at radius 1 is 1.25 bits per heavy atom. The molecule has 0 atom stereocenters. The number of primary amides is 1. The van der Waals surface area contributed by atoms with Gasteiger partial charge in [-0.05, 0) is 37.6 Å². The fraction of sp³-hybridized carbons (Fsp3) is 0.158. The highest BCUT2D eigenvalue weighted by atomic mass is 32.2. The van der Waals surface area contributed by atoms with Crippen molar-refractivity contribution in [3.05, 3.63) is 54.0 Å². The number of pyridine rings is 1. The quantitative estimate of drug-likeness (QED) is 0.619. The molecule has 144 valence electrons. The largest absolute Gasteiger partial charge is 0.481 e. The van der Waals surface area contributed by atoms with Crippen LogP contribution in [0.25, 0.3) is 22.4 Å². The van der Waals surface area contributed by atoms with Crippen molar-refractivity contribution >= 4 is 15.9 Å². The maximum Gasteiger partial charge on any atom is 0.265 e. The average Bonchev–Trinajstić information content (AvgIpc) is 3.03. The highest BCUT2D eigenvalue weighted by Crippen LogP contribution is 2.49. The number of nitrogens with two attached hydrogens (primary N) is 2. The summed E-state index contributed by atoms with van der Waals surface area (Å²) < 4.78 is 29.7. The van der Waals surface area contributed by atoms with Crippen molar-refractivity contribution in [3.63, 3.8) is 0 Å². The molecule has 0 radical (unpaired) electrons. The molecule has 1 aliphatic rings. The number of benzene rings is 1. The number of carbonyl (C=O) groups is 1. The van der Waals surface area contributed by atoms with Gasteiger partial charge in [0.05, 0.1) is 16.8 Å². The van der Waals surface area contributed by atoms with Gasteiger partial charge in [0.1, 0.15) is 17.0 Å². The Kier molecular flexibility index (Phi) is 3.84. The molecule has 5 N–H and O–H groups in total. The van der Waals surface area contributed by atoms with Crippen molar-refractivity contribution in [2.24, 2.45) is 10.9 Å². The molecular formula is C19H18N4O4S. The Balaban J connectivity index is 2.08. The minimum atomic E-state index is -3.91. The first-order valence-electron chi connectivity index (χ1n) is 8.42. The SMILES string of the molecule is CC1(C)Oc2cnccc2-c2[nH]c(C(N)=O)c(-c3cccc(S(N)(=O)=O)c3)c21. The van der Waals surface area contributed by atoms with Gasteiger partial charge < -0.3 is 15.5 Å². The first kappa shape index (κ1) is 18.2. The Labute approximate surface area is 161 Å². The van der Waals surface area contributed by atoms with Crippen LogP contribution in [0.4, 0.5) is 0 Å². The Bertz CT molecular complexity index is 1230. The predicted molar refractivity (Wildman–Crippen MR) is 103 cm³/mol. The Morgan fingerprint density at radius 3 is 2.68 bits per heavy atom. The number of carbonyl (C=O) groups excluding carboxylic acids is 1. The van der Waals surface area contributed by atoms with Gasteiger partial charge in [0, 0.05) is 22.9 Å². The van der Waals surface area contributed by atoms with Crippen molar-refractivity contribution in [1.29, 1.82) is 0 Å². The minimum absolute atomic E-state index is 0.0606. The fourth-order valence-electron chi connectivity index (χ4n) is 3.60. The van der Waals surface area contributed by atoms with Gasteiger partial charge in [-0.3, -0.25) is 9.78 Å². The molecule has 0 aliphatic carbocycles. The van der Waals surface area contributed by atoms with Crippen LogP contribution in [0.5, 0.6) is 5.75 Å². The third-order valence-electron chi connectivity index (χ3n) is 4.72. The van der Waals surface area contributed by atoms with Crippen LogP contribution in [0, 0.1) is 0 Å². The van der Waals surface area contributed by atoms with Crippen LogP contribution >= 0.6 is 0 Å². The van der Waals surface area contributed by atoms with Crippen LogP contribution in [0.3, 0.4) is 0 Å². The molecule has 0 saturated carbocycles. The summed E-state index contributed by atoms with van der Waals surface area (Å²) in [6, 6.07) is 7.85. The normalized spacial score (nSPS) is 14.7. The molecule has 3 heterocycles. The number of hydrogen-bond donors (Lipinski definition) is 3. The number of amides is 1. The van der Waals surface area contributed by atoms with Crippen molar-refractivity contribution in [2.75, 3.05) is 0 Å². The molecule has 8 nitrogen and oxygen atoms in total. The maximum atomic E-state index is 12.2. The van der Waals surface area contributed by atoms with Crippen molar-refractivity contribution in [3.8, 4) is 28.1 Å². The number of aromatic nitrogens is 2. The predicted octanol–water partition coefficient (Wildman–Crippen LogP) is 2.12. The van der Waals surface area contributed by atoms with E-state index in [4.69, 9.17) is 15.6 Å². The lowest BCUT2D eigenvalue weighted by molar-refractivity contribution is 0.0996. The minimum Gasteiger partial charge on any atom is -0.481 e. The number of aromatic amines is 1. The van der Waals surface area contributed by atoms with Crippen LogP contribution < -0.4 is 15.6 Å². The molecule has 0 spiro atoms. The average molecular weight is 398 g/mol. The van der Waals surface area contributed by atoms with Gasteiger partial charge in [-0.25, -0.2) is 13.6 Å². The Morgan fingerprint density at radius 2 is 2.00 bits per heavy atom. The lowest BCUT2D eigenvalue weighted by Crippen LogP contribution is -2.29. The summed E-state index contributed by atoms with van der Waals surface area (Å²) in [5, 5.41) is 5.27. The van der Waals surface area contributed by atoms with Gasteiger partial charge in [0.25, 0.3) is 5.91 Å².